The van der Waals surface area contributed by atoms with Crippen molar-refractivity contribution in [2.45, 2.75) is 37.6 Å². The van der Waals surface area contributed by atoms with Gasteiger partial charge in [0, 0.05) is 41.2 Å². The van der Waals surface area contributed by atoms with Gasteiger partial charge in [-0.15, -0.1) is 13.2 Å². The van der Waals surface area contributed by atoms with Crippen LogP contribution in [0.4, 0.5) is 23.2 Å². The first-order valence-electron chi connectivity index (χ1n) is 13.1. The van der Waals surface area contributed by atoms with E-state index in [-0.39, 0.29) is 41.0 Å². The molecule has 4 aromatic rings. The number of carboxylic acids is 1. The molecule has 0 spiro atoms. The van der Waals surface area contributed by atoms with Crippen LogP contribution in [-0.4, -0.2) is 35.7 Å². The third-order valence-electron chi connectivity index (χ3n) is 7.31. The quantitative estimate of drug-likeness (QED) is 0.196. The highest BCUT2D eigenvalue weighted by Gasteiger charge is 2.36. The highest BCUT2D eigenvalue weighted by molar-refractivity contribution is 6.31. The zero-order valence-electron chi connectivity index (χ0n) is 21.8. The van der Waals surface area contributed by atoms with Gasteiger partial charge in [0.1, 0.15) is 35.4 Å². The Kier molecular flexibility index (Phi) is 7.22. The number of para-hydroxylation sites is 1. The molecule has 1 aliphatic carbocycles. The zero-order chi connectivity index (χ0) is 29.6. The van der Waals surface area contributed by atoms with Gasteiger partial charge in [0.25, 0.3) is 0 Å². The molecule has 7 nitrogen and oxygen atoms in total. The number of alkyl halides is 3. The van der Waals surface area contributed by atoms with Gasteiger partial charge in [-0.25, -0.2) is 9.18 Å². The van der Waals surface area contributed by atoms with Crippen LogP contribution in [0.15, 0.2) is 65.2 Å². The minimum Gasteiger partial charge on any atom is -0.489 e. The summed E-state index contributed by atoms with van der Waals surface area (Å²) in [5, 5.41) is 13.7. The van der Waals surface area contributed by atoms with E-state index < -0.39 is 18.1 Å². The summed E-state index contributed by atoms with van der Waals surface area (Å²) in [6.45, 7) is 1.04. The first-order valence-corrected chi connectivity index (χ1v) is 13.5. The lowest BCUT2D eigenvalue weighted by Crippen LogP contribution is -2.45. The van der Waals surface area contributed by atoms with Crippen LogP contribution in [0.2, 0.25) is 5.02 Å². The number of benzene rings is 3. The van der Waals surface area contributed by atoms with E-state index in [0.717, 1.165) is 24.5 Å². The van der Waals surface area contributed by atoms with Crippen molar-refractivity contribution in [1.82, 2.24) is 5.16 Å². The topological polar surface area (TPSA) is 85.0 Å². The highest BCUT2D eigenvalue weighted by atomic mass is 35.5. The molecule has 0 bridgehead atoms. The van der Waals surface area contributed by atoms with Crippen molar-refractivity contribution in [1.29, 1.82) is 0 Å². The lowest BCUT2D eigenvalue weighted by Gasteiger charge is -2.41. The summed E-state index contributed by atoms with van der Waals surface area (Å²) in [5.74, 6) is -1.02. The SMILES string of the molecule is O=C(O)c1cc(F)cc(N2CC(c3ccc(OCc4c(-c5ccccc5OC(F)(F)F)noc4C4CC4)cc3Cl)C2)c1. The van der Waals surface area contributed by atoms with Crippen LogP contribution < -0.4 is 14.4 Å². The van der Waals surface area contributed by atoms with E-state index in [4.69, 9.17) is 20.9 Å². The fraction of sp³-hybridized carbons (Fsp3) is 0.267. The smallest absolute Gasteiger partial charge is 0.489 e. The molecule has 42 heavy (non-hydrogen) atoms. The first kappa shape index (κ1) is 27.9. The monoisotopic (exact) mass is 602 g/mol. The summed E-state index contributed by atoms with van der Waals surface area (Å²) < 4.78 is 68.8. The molecule has 12 heteroatoms. The number of halogens is 5. The van der Waals surface area contributed by atoms with Gasteiger partial charge in [0.15, 0.2) is 0 Å². The second-order valence-electron chi connectivity index (χ2n) is 10.3. The fourth-order valence-corrected chi connectivity index (χ4v) is 5.39. The van der Waals surface area contributed by atoms with Crippen LogP contribution in [0, 0.1) is 5.82 Å². The molecule has 1 saturated heterocycles. The summed E-state index contributed by atoms with van der Waals surface area (Å²) in [6, 6.07) is 14.7. The van der Waals surface area contributed by atoms with Gasteiger partial charge in [-0.05, 0) is 60.9 Å². The van der Waals surface area contributed by atoms with E-state index in [1.165, 1.54) is 30.3 Å². The van der Waals surface area contributed by atoms with Crippen molar-refractivity contribution in [3.8, 4) is 22.8 Å². The molecule has 3 aromatic carbocycles. The number of hydrogen-bond acceptors (Lipinski definition) is 6. The Morgan fingerprint density at radius 2 is 1.83 bits per heavy atom. The van der Waals surface area contributed by atoms with Gasteiger partial charge >= 0.3 is 12.3 Å². The molecule has 218 valence electrons. The number of aromatic nitrogens is 1. The number of carbonyl (C=O) groups is 1. The van der Waals surface area contributed by atoms with E-state index in [9.17, 15) is 27.5 Å². The van der Waals surface area contributed by atoms with Gasteiger partial charge < -0.3 is 24.0 Å². The lowest BCUT2D eigenvalue weighted by atomic mass is 9.90. The molecule has 0 radical (unpaired) electrons. The maximum atomic E-state index is 13.9. The Labute approximate surface area is 242 Å². The Balaban J connectivity index is 1.17. The number of aromatic carboxylic acids is 1. The number of rotatable bonds is 9. The van der Waals surface area contributed by atoms with Gasteiger partial charge in [-0.1, -0.05) is 35.0 Å². The molecule has 2 fully saturated rings. The normalized spacial score (nSPS) is 15.4. The van der Waals surface area contributed by atoms with E-state index in [1.807, 2.05) is 11.0 Å². The molecular weight excluding hydrogens is 580 g/mol. The number of hydrogen-bond donors (Lipinski definition) is 1. The summed E-state index contributed by atoms with van der Waals surface area (Å²) >= 11 is 6.59. The second kappa shape index (κ2) is 10.9. The predicted molar refractivity (Wildman–Crippen MR) is 145 cm³/mol. The molecule has 1 saturated carbocycles. The molecule has 0 amide bonds. The van der Waals surface area contributed by atoms with Crippen LogP contribution in [-0.2, 0) is 6.61 Å². The lowest BCUT2D eigenvalue weighted by molar-refractivity contribution is -0.274. The molecule has 2 aliphatic rings. The predicted octanol–water partition coefficient (Wildman–Crippen LogP) is 7.79. The fourth-order valence-electron chi connectivity index (χ4n) is 5.07. The van der Waals surface area contributed by atoms with Gasteiger partial charge in [0.05, 0.1) is 11.1 Å². The van der Waals surface area contributed by atoms with Gasteiger partial charge in [-0.3, -0.25) is 0 Å². The standard InChI is InChI=1S/C30H23ClF4N2O5/c31-25-12-21(7-8-22(25)18-13-37(14-18)20-10-17(29(38)39)9-19(32)11-20)40-15-24-27(36-42-28(24)16-5-6-16)23-3-1-2-4-26(23)41-30(33,34)35/h1-4,7-12,16,18H,5-6,13-15H2,(H,38,39). The van der Waals surface area contributed by atoms with Gasteiger partial charge in [-0.2, -0.15) is 0 Å². The molecule has 1 aromatic heterocycles. The Morgan fingerprint density at radius 3 is 2.52 bits per heavy atom. The summed E-state index contributed by atoms with van der Waals surface area (Å²) in [4.78, 5) is 13.1. The minimum atomic E-state index is -4.87. The van der Waals surface area contributed by atoms with E-state index in [1.54, 1.807) is 18.2 Å². The summed E-state index contributed by atoms with van der Waals surface area (Å²) in [6.07, 6.45) is -3.10. The van der Waals surface area contributed by atoms with Crippen LogP contribution >= 0.6 is 11.6 Å². The average Bonchev–Trinajstić information content (AvgIpc) is 3.66. The Bertz CT molecular complexity index is 1650. The maximum absolute atomic E-state index is 13.9. The third kappa shape index (κ3) is 5.87. The Morgan fingerprint density at radius 1 is 1.07 bits per heavy atom. The van der Waals surface area contributed by atoms with E-state index in [2.05, 4.69) is 9.89 Å². The highest BCUT2D eigenvalue weighted by Crippen LogP contribution is 2.46. The molecule has 2 heterocycles. The molecule has 6 rings (SSSR count). The van der Waals surface area contributed by atoms with E-state index >= 15 is 0 Å². The van der Waals surface area contributed by atoms with Crippen molar-refractivity contribution in [3.63, 3.8) is 0 Å². The first-order chi connectivity index (χ1) is 20.1. The summed E-state index contributed by atoms with van der Waals surface area (Å²) in [7, 11) is 0. The second-order valence-corrected chi connectivity index (χ2v) is 10.7. The Hall–Kier alpha value is -4.25. The molecule has 0 atom stereocenters. The van der Waals surface area contributed by atoms with E-state index in [0.29, 0.717) is 40.9 Å². The van der Waals surface area contributed by atoms with Crippen LogP contribution in [0.1, 0.15) is 51.9 Å². The van der Waals surface area contributed by atoms with Crippen molar-refractivity contribution in [2.75, 3.05) is 18.0 Å². The minimum absolute atomic E-state index is 0.0105. The largest absolute Gasteiger partial charge is 0.573 e. The number of carboxylic acid groups (broad SMARTS) is 1. The number of ether oxygens (including phenoxy) is 2. The molecule has 0 unspecified atom stereocenters. The van der Waals surface area contributed by atoms with Crippen molar-refractivity contribution in [3.05, 3.63) is 94.0 Å². The molecular formula is C30H23ClF4N2O5. The van der Waals surface area contributed by atoms with Crippen molar-refractivity contribution in [2.24, 2.45) is 0 Å². The van der Waals surface area contributed by atoms with Gasteiger partial charge in [0.2, 0.25) is 0 Å². The molecule has 1 N–H and O–H groups in total. The average molecular weight is 603 g/mol. The van der Waals surface area contributed by atoms with Crippen LogP contribution in [0.5, 0.6) is 11.5 Å². The maximum Gasteiger partial charge on any atom is 0.573 e. The van der Waals surface area contributed by atoms with Crippen molar-refractivity contribution < 1.29 is 41.5 Å². The van der Waals surface area contributed by atoms with Crippen molar-refractivity contribution >= 4 is 23.3 Å². The summed E-state index contributed by atoms with van der Waals surface area (Å²) in [5.41, 5.74) is 2.13. The molecule has 1 aliphatic heterocycles. The van der Waals surface area contributed by atoms with Crippen LogP contribution in [0.25, 0.3) is 11.3 Å². The number of nitrogens with zero attached hydrogens (tertiary/aromatic N) is 2. The third-order valence-corrected chi connectivity index (χ3v) is 7.63. The zero-order valence-corrected chi connectivity index (χ0v) is 22.6. The number of anilines is 1. The van der Waals surface area contributed by atoms with Crippen LogP contribution in [0.3, 0.4) is 0 Å².